The fourth-order valence-electron chi connectivity index (χ4n) is 3.33. The van der Waals surface area contributed by atoms with E-state index < -0.39 is 0 Å². The Hall–Kier alpha value is -1.35. The molecule has 0 aromatic heterocycles. The number of rotatable bonds is 4. The number of carbonyl (C=O) groups excluding carboxylic acids is 1. The van der Waals surface area contributed by atoms with Crippen LogP contribution in [0.5, 0.6) is 0 Å². The second kappa shape index (κ2) is 7.04. The number of carbonyl (C=O) groups is 1. The van der Waals surface area contributed by atoms with Gasteiger partial charge in [0.15, 0.2) is 5.78 Å². The van der Waals surface area contributed by atoms with E-state index >= 15 is 0 Å². The van der Waals surface area contributed by atoms with E-state index in [-0.39, 0.29) is 11.2 Å². The van der Waals surface area contributed by atoms with Gasteiger partial charge in [0.2, 0.25) is 0 Å². The molecular formula is C19H19Cl2NO. The van der Waals surface area contributed by atoms with Gasteiger partial charge in [0.05, 0.1) is 10.0 Å². The van der Waals surface area contributed by atoms with Crippen LogP contribution in [0.3, 0.4) is 0 Å². The molecule has 1 N–H and O–H groups in total. The van der Waals surface area contributed by atoms with Crippen molar-refractivity contribution in [3.05, 3.63) is 69.7 Å². The Balaban J connectivity index is 1.93. The van der Waals surface area contributed by atoms with E-state index in [9.17, 15) is 4.79 Å². The summed E-state index contributed by atoms with van der Waals surface area (Å²) in [6.07, 6.45) is 2.36. The third-order valence-electron chi connectivity index (χ3n) is 4.60. The van der Waals surface area contributed by atoms with Gasteiger partial charge >= 0.3 is 0 Å². The standard InChI is InChI=1S/C19H19Cl2NO/c20-16-7-6-14(12-17(16)21)13-19(8-10-22-11-9-19)18(23)15-4-2-1-3-5-15/h1-7,12,22H,8-11,13H2. The van der Waals surface area contributed by atoms with Crippen LogP contribution in [0.25, 0.3) is 0 Å². The molecule has 0 unspecified atom stereocenters. The van der Waals surface area contributed by atoms with Crippen molar-refractivity contribution in [1.29, 1.82) is 0 Å². The van der Waals surface area contributed by atoms with E-state index in [1.807, 2.05) is 42.5 Å². The van der Waals surface area contributed by atoms with Crippen molar-refractivity contribution in [3.8, 4) is 0 Å². The number of Topliss-reactive ketones (excluding diaryl/α,β-unsaturated/α-hetero) is 1. The monoisotopic (exact) mass is 347 g/mol. The quantitative estimate of drug-likeness (QED) is 0.805. The maximum Gasteiger partial charge on any atom is 0.169 e. The van der Waals surface area contributed by atoms with Gasteiger partial charge in [0.25, 0.3) is 0 Å². The topological polar surface area (TPSA) is 29.1 Å². The van der Waals surface area contributed by atoms with Crippen molar-refractivity contribution in [2.45, 2.75) is 19.3 Å². The lowest BCUT2D eigenvalue weighted by Gasteiger charge is -2.36. The van der Waals surface area contributed by atoms with Gasteiger partial charge in [-0.05, 0) is 50.0 Å². The smallest absolute Gasteiger partial charge is 0.169 e. The Morgan fingerprint density at radius 3 is 2.35 bits per heavy atom. The van der Waals surface area contributed by atoms with E-state index in [1.165, 1.54) is 0 Å². The van der Waals surface area contributed by atoms with Crippen molar-refractivity contribution < 1.29 is 4.79 Å². The van der Waals surface area contributed by atoms with Crippen LogP contribution in [0.2, 0.25) is 10.0 Å². The second-order valence-corrected chi connectivity index (χ2v) is 6.97. The van der Waals surface area contributed by atoms with Gasteiger partial charge in [0.1, 0.15) is 0 Å². The van der Waals surface area contributed by atoms with Gasteiger partial charge in [-0.1, -0.05) is 59.6 Å². The summed E-state index contributed by atoms with van der Waals surface area (Å²) in [5.41, 5.74) is 1.48. The predicted octanol–water partition coefficient (Wildman–Crippen LogP) is 4.79. The summed E-state index contributed by atoms with van der Waals surface area (Å²) in [6, 6.07) is 15.2. The molecule has 2 aromatic rings. The molecule has 2 aromatic carbocycles. The maximum atomic E-state index is 13.2. The Morgan fingerprint density at radius 2 is 1.70 bits per heavy atom. The van der Waals surface area contributed by atoms with Crippen molar-refractivity contribution >= 4 is 29.0 Å². The van der Waals surface area contributed by atoms with Crippen LogP contribution >= 0.6 is 23.2 Å². The Kier molecular flexibility index (Phi) is 5.05. The Morgan fingerprint density at radius 1 is 1.00 bits per heavy atom. The summed E-state index contributed by atoms with van der Waals surface area (Å²) in [6.45, 7) is 1.72. The highest BCUT2D eigenvalue weighted by Gasteiger charge is 2.39. The molecule has 0 atom stereocenters. The van der Waals surface area contributed by atoms with Crippen LogP contribution in [0.4, 0.5) is 0 Å². The summed E-state index contributed by atoms with van der Waals surface area (Å²) in [7, 11) is 0. The van der Waals surface area contributed by atoms with Crippen molar-refractivity contribution in [2.75, 3.05) is 13.1 Å². The van der Waals surface area contributed by atoms with Crippen LogP contribution in [0, 0.1) is 5.41 Å². The van der Waals surface area contributed by atoms with Crippen molar-refractivity contribution in [2.24, 2.45) is 5.41 Å². The Bertz CT molecular complexity index is 694. The highest BCUT2D eigenvalue weighted by molar-refractivity contribution is 6.42. The molecule has 120 valence electrons. The van der Waals surface area contributed by atoms with Gasteiger partial charge < -0.3 is 5.32 Å². The van der Waals surface area contributed by atoms with Crippen LogP contribution in [-0.4, -0.2) is 18.9 Å². The average Bonchev–Trinajstić information content (AvgIpc) is 2.59. The van der Waals surface area contributed by atoms with Gasteiger partial charge in [-0.15, -0.1) is 0 Å². The molecule has 1 aliphatic rings. The fourth-order valence-corrected chi connectivity index (χ4v) is 3.65. The zero-order valence-electron chi connectivity index (χ0n) is 12.8. The summed E-state index contributed by atoms with van der Waals surface area (Å²) < 4.78 is 0. The molecule has 3 rings (SSSR count). The molecular weight excluding hydrogens is 329 g/mol. The third-order valence-corrected chi connectivity index (χ3v) is 5.34. The van der Waals surface area contributed by atoms with Crippen LogP contribution < -0.4 is 5.32 Å². The molecule has 0 spiro atoms. The lowest BCUT2D eigenvalue weighted by atomic mass is 9.69. The lowest BCUT2D eigenvalue weighted by molar-refractivity contribution is 0.0726. The van der Waals surface area contributed by atoms with Crippen LogP contribution in [-0.2, 0) is 6.42 Å². The zero-order valence-corrected chi connectivity index (χ0v) is 14.3. The zero-order chi connectivity index (χ0) is 16.3. The summed E-state index contributed by atoms with van der Waals surface area (Å²) in [5, 5.41) is 4.44. The maximum absolute atomic E-state index is 13.2. The number of hydrogen-bond donors (Lipinski definition) is 1. The van der Waals surface area contributed by atoms with Crippen LogP contribution in [0.15, 0.2) is 48.5 Å². The molecule has 0 bridgehead atoms. The van der Waals surface area contributed by atoms with Crippen molar-refractivity contribution in [3.63, 3.8) is 0 Å². The number of piperidine rings is 1. The predicted molar refractivity (Wildman–Crippen MR) is 95.5 cm³/mol. The highest BCUT2D eigenvalue weighted by Crippen LogP contribution is 2.37. The number of hydrogen-bond acceptors (Lipinski definition) is 2. The minimum Gasteiger partial charge on any atom is -0.317 e. The highest BCUT2D eigenvalue weighted by atomic mass is 35.5. The summed E-state index contributed by atoms with van der Waals surface area (Å²) in [5.74, 6) is 0.227. The molecule has 0 amide bonds. The van der Waals surface area contributed by atoms with Gasteiger partial charge in [0, 0.05) is 11.0 Å². The first-order valence-electron chi connectivity index (χ1n) is 7.85. The molecule has 1 aliphatic heterocycles. The first-order valence-corrected chi connectivity index (χ1v) is 8.61. The number of halogens is 2. The van der Waals surface area contributed by atoms with E-state index in [1.54, 1.807) is 6.07 Å². The normalized spacial score (nSPS) is 17.0. The van der Waals surface area contributed by atoms with Gasteiger partial charge in [-0.25, -0.2) is 0 Å². The SMILES string of the molecule is O=C(c1ccccc1)C1(Cc2ccc(Cl)c(Cl)c2)CCNCC1. The minimum atomic E-state index is -0.371. The molecule has 0 aliphatic carbocycles. The van der Waals surface area contributed by atoms with E-state index in [0.29, 0.717) is 16.5 Å². The largest absolute Gasteiger partial charge is 0.317 e. The van der Waals surface area contributed by atoms with Crippen molar-refractivity contribution in [1.82, 2.24) is 5.32 Å². The number of nitrogens with one attached hydrogen (secondary N) is 1. The number of ketones is 1. The molecule has 0 saturated carbocycles. The molecule has 4 heteroatoms. The van der Waals surface area contributed by atoms with E-state index in [0.717, 1.165) is 37.1 Å². The van der Waals surface area contributed by atoms with E-state index in [2.05, 4.69) is 5.32 Å². The molecule has 2 nitrogen and oxygen atoms in total. The number of benzene rings is 2. The second-order valence-electron chi connectivity index (χ2n) is 6.15. The average molecular weight is 348 g/mol. The first kappa shape index (κ1) is 16.5. The van der Waals surface area contributed by atoms with Gasteiger partial charge in [-0.3, -0.25) is 4.79 Å². The summed E-state index contributed by atoms with van der Waals surface area (Å²) >= 11 is 12.2. The molecule has 1 fully saturated rings. The fraction of sp³-hybridized carbons (Fsp3) is 0.316. The molecule has 23 heavy (non-hydrogen) atoms. The first-order chi connectivity index (χ1) is 11.1. The molecule has 0 radical (unpaired) electrons. The van der Waals surface area contributed by atoms with Crippen LogP contribution in [0.1, 0.15) is 28.8 Å². The Labute approximate surface area is 146 Å². The third kappa shape index (κ3) is 3.60. The minimum absolute atomic E-state index is 0.227. The lowest BCUT2D eigenvalue weighted by Crippen LogP contribution is -2.43. The molecule has 1 saturated heterocycles. The van der Waals surface area contributed by atoms with E-state index in [4.69, 9.17) is 23.2 Å². The molecule has 1 heterocycles. The summed E-state index contributed by atoms with van der Waals surface area (Å²) in [4.78, 5) is 13.2. The van der Waals surface area contributed by atoms with Gasteiger partial charge in [-0.2, -0.15) is 0 Å².